The van der Waals surface area contributed by atoms with Crippen LogP contribution in [0.25, 0.3) is 0 Å². The third-order valence-corrected chi connectivity index (χ3v) is 4.56. The molecule has 84 valence electrons. The zero-order valence-corrected chi connectivity index (χ0v) is 10.7. The summed E-state index contributed by atoms with van der Waals surface area (Å²) in [6.07, 6.45) is 4.90. The van der Waals surface area contributed by atoms with Crippen LogP contribution in [-0.4, -0.2) is 42.1 Å². The van der Waals surface area contributed by atoms with Gasteiger partial charge < -0.3 is 5.73 Å². The van der Waals surface area contributed by atoms with Crippen LogP contribution in [0.3, 0.4) is 0 Å². The van der Waals surface area contributed by atoms with Crippen LogP contribution >= 0.6 is 11.8 Å². The molecular formula is C11H24N2S. The maximum atomic E-state index is 5.93. The molecule has 0 radical (unpaired) electrons. The van der Waals surface area contributed by atoms with Gasteiger partial charge in [-0.15, -0.1) is 0 Å². The molecule has 2 nitrogen and oxygen atoms in total. The van der Waals surface area contributed by atoms with Crippen molar-refractivity contribution in [2.75, 3.05) is 25.6 Å². The zero-order chi connectivity index (χ0) is 10.8. The lowest BCUT2D eigenvalue weighted by atomic mass is 9.93. The second-order valence-corrected chi connectivity index (χ2v) is 5.66. The van der Waals surface area contributed by atoms with Gasteiger partial charge in [0.1, 0.15) is 0 Å². The van der Waals surface area contributed by atoms with Gasteiger partial charge in [-0.05, 0) is 45.9 Å². The standard InChI is InChI=1S/C11H24N2S/c1-9(7-14-4)13(3)11(2,8-12)10-5-6-10/h9-10H,5-8,12H2,1-4H3. The van der Waals surface area contributed by atoms with Crippen LogP contribution in [0.4, 0.5) is 0 Å². The van der Waals surface area contributed by atoms with Crippen molar-refractivity contribution in [3.05, 3.63) is 0 Å². The molecule has 0 aliphatic heterocycles. The van der Waals surface area contributed by atoms with Crippen LogP contribution in [0.2, 0.25) is 0 Å². The Morgan fingerprint density at radius 2 is 2.14 bits per heavy atom. The molecule has 1 rings (SSSR count). The smallest absolute Gasteiger partial charge is 0.0331 e. The minimum atomic E-state index is 0.231. The highest BCUT2D eigenvalue weighted by molar-refractivity contribution is 7.98. The monoisotopic (exact) mass is 216 g/mol. The molecule has 0 heterocycles. The summed E-state index contributed by atoms with van der Waals surface area (Å²) >= 11 is 1.91. The normalized spacial score (nSPS) is 23.6. The minimum absolute atomic E-state index is 0.231. The van der Waals surface area contributed by atoms with Crippen LogP contribution in [0.15, 0.2) is 0 Å². The Kier molecular flexibility index (Phi) is 4.29. The van der Waals surface area contributed by atoms with E-state index in [1.807, 2.05) is 11.8 Å². The molecule has 2 unspecified atom stereocenters. The van der Waals surface area contributed by atoms with Crippen LogP contribution in [-0.2, 0) is 0 Å². The Labute approximate surface area is 92.6 Å². The van der Waals surface area contributed by atoms with Gasteiger partial charge in [0, 0.05) is 23.9 Å². The predicted octanol–water partition coefficient (Wildman–Crippen LogP) is 1.80. The first-order chi connectivity index (χ1) is 6.56. The molecule has 1 fully saturated rings. The zero-order valence-electron chi connectivity index (χ0n) is 9.92. The molecule has 3 heteroatoms. The number of nitrogens with zero attached hydrogens (tertiary/aromatic N) is 1. The van der Waals surface area contributed by atoms with Gasteiger partial charge in [0.25, 0.3) is 0 Å². The molecule has 0 spiro atoms. The van der Waals surface area contributed by atoms with Crippen molar-refractivity contribution in [3.63, 3.8) is 0 Å². The summed E-state index contributed by atoms with van der Waals surface area (Å²) in [6, 6.07) is 0.624. The van der Waals surface area contributed by atoms with E-state index in [1.165, 1.54) is 18.6 Å². The van der Waals surface area contributed by atoms with E-state index < -0.39 is 0 Å². The molecule has 2 atom stereocenters. The fourth-order valence-electron chi connectivity index (χ4n) is 2.16. The predicted molar refractivity (Wildman–Crippen MR) is 65.8 cm³/mol. The molecule has 1 aliphatic carbocycles. The highest BCUT2D eigenvalue weighted by Crippen LogP contribution is 2.42. The lowest BCUT2D eigenvalue weighted by molar-refractivity contribution is 0.0899. The SMILES string of the molecule is CSCC(C)N(C)C(C)(CN)C1CC1. The lowest BCUT2D eigenvalue weighted by Crippen LogP contribution is -2.55. The fraction of sp³-hybridized carbons (Fsp3) is 1.00. The molecule has 0 bridgehead atoms. The maximum Gasteiger partial charge on any atom is 0.0331 e. The van der Waals surface area contributed by atoms with Crippen molar-refractivity contribution in [2.24, 2.45) is 11.7 Å². The first-order valence-corrected chi connectivity index (χ1v) is 6.87. The number of thioether (sulfide) groups is 1. The summed E-state index contributed by atoms with van der Waals surface area (Å²) in [7, 11) is 2.23. The molecular weight excluding hydrogens is 192 g/mol. The second kappa shape index (κ2) is 4.86. The average molecular weight is 216 g/mol. The molecule has 14 heavy (non-hydrogen) atoms. The summed E-state index contributed by atoms with van der Waals surface area (Å²) in [6.45, 7) is 5.40. The van der Waals surface area contributed by atoms with Gasteiger partial charge >= 0.3 is 0 Å². The minimum Gasteiger partial charge on any atom is -0.329 e. The van der Waals surface area contributed by atoms with Crippen LogP contribution in [0.5, 0.6) is 0 Å². The molecule has 2 N–H and O–H groups in total. The summed E-state index contributed by atoms with van der Waals surface area (Å²) < 4.78 is 0. The van der Waals surface area contributed by atoms with Crippen molar-refractivity contribution < 1.29 is 0 Å². The van der Waals surface area contributed by atoms with Gasteiger partial charge in [-0.3, -0.25) is 4.90 Å². The number of hydrogen-bond donors (Lipinski definition) is 1. The number of likely N-dealkylation sites (N-methyl/N-ethyl adjacent to an activating group) is 1. The first kappa shape index (κ1) is 12.3. The highest BCUT2D eigenvalue weighted by atomic mass is 32.2. The number of hydrogen-bond acceptors (Lipinski definition) is 3. The van der Waals surface area contributed by atoms with E-state index in [0.717, 1.165) is 12.5 Å². The first-order valence-electron chi connectivity index (χ1n) is 5.48. The molecule has 0 aromatic heterocycles. The Morgan fingerprint density at radius 3 is 2.50 bits per heavy atom. The molecule has 0 aromatic rings. The molecule has 1 aliphatic rings. The van der Waals surface area contributed by atoms with Gasteiger partial charge in [0.15, 0.2) is 0 Å². The quantitative estimate of drug-likeness (QED) is 0.734. The van der Waals surface area contributed by atoms with Crippen molar-refractivity contribution in [3.8, 4) is 0 Å². The maximum absolute atomic E-state index is 5.93. The largest absolute Gasteiger partial charge is 0.329 e. The van der Waals surface area contributed by atoms with E-state index in [4.69, 9.17) is 5.73 Å². The van der Waals surface area contributed by atoms with E-state index in [1.54, 1.807) is 0 Å². The average Bonchev–Trinajstić information content (AvgIpc) is 2.99. The van der Waals surface area contributed by atoms with Crippen molar-refractivity contribution in [2.45, 2.75) is 38.3 Å². The Balaban J connectivity index is 2.58. The third kappa shape index (κ3) is 2.44. The topological polar surface area (TPSA) is 29.3 Å². The highest BCUT2D eigenvalue weighted by Gasteiger charge is 2.44. The fourth-order valence-corrected chi connectivity index (χ4v) is 2.87. The Bertz CT molecular complexity index is 182. The van der Waals surface area contributed by atoms with Crippen LogP contribution < -0.4 is 5.73 Å². The van der Waals surface area contributed by atoms with Gasteiger partial charge in [-0.2, -0.15) is 11.8 Å². The molecule has 0 amide bonds. The van der Waals surface area contributed by atoms with E-state index in [-0.39, 0.29) is 5.54 Å². The van der Waals surface area contributed by atoms with Crippen molar-refractivity contribution in [1.29, 1.82) is 0 Å². The van der Waals surface area contributed by atoms with Gasteiger partial charge in [0.05, 0.1) is 0 Å². The van der Waals surface area contributed by atoms with Gasteiger partial charge in [-0.25, -0.2) is 0 Å². The summed E-state index contributed by atoms with van der Waals surface area (Å²) in [4.78, 5) is 2.49. The molecule has 0 saturated heterocycles. The van der Waals surface area contributed by atoms with Crippen LogP contribution in [0.1, 0.15) is 26.7 Å². The van der Waals surface area contributed by atoms with Gasteiger partial charge in [0.2, 0.25) is 0 Å². The molecule has 0 aromatic carbocycles. The summed E-state index contributed by atoms with van der Waals surface area (Å²) in [5, 5.41) is 0. The third-order valence-electron chi connectivity index (χ3n) is 3.74. The van der Waals surface area contributed by atoms with Crippen molar-refractivity contribution >= 4 is 11.8 Å². The Hall–Kier alpha value is 0.270. The van der Waals surface area contributed by atoms with E-state index in [0.29, 0.717) is 6.04 Å². The van der Waals surface area contributed by atoms with E-state index >= 15 is 0 Å². The van der Waals surface area contributed by atoms with E-state index in [2.05, 4.69) is 32.1 Å². The summed E-state index contributed by atoms with van der Waals surface area (Å²) in [5.74, 6) is 2.03. The second-order valence-electron chi connectivity index (χ2n) is 4.75. The summed E-state index contributed by atoms with van der Waals surface area (Å²) in [5.41, 5.74) is 6.17. The Morgan fingerprint density at radius 1 is 1.57 bits per heavy atom. The van der Waals surface area contributed by atoms with Gasteiger partial charge in [-0.1, -0.05) is 0 Å². The molecule has 1 saturated carbocycles. The number of rotatable bonds is 6. The van der Waals surface area contributed by atoms with Crippen molar-refractivity contribution in [1.82, 2.24) is 4.90 Å². The lowest BCUT2D eigenvalue weighted by Gasteiger charge is -2.42. The van der Waals surface area contributed by atoms with Crippen LogP contribution in [0, 0.1) is 5.92 Å². The van der Waals surface area contributed by atoms with E-state index in [9.17, 15) is 0 Å². The number of nitrogens with two attached hydrogens (primary N) is 1.